The number of carbonyl (C=O) groups is 1. The molecule has 0 aliphatic carbocycles. The fraction of sp³-hybridized carbons (Fsp3) is 0. The number of aromatic nitrogens is 2. The maximum atomic E-state index is 12.1. The summed E-state index contributed by atoms with van der Waals surface area (Å²) in [5.74, 6) is -0.436. The molecule has 0 aliphatic heterocycles. The van der Waals surface area contributed by atoms with Crippen LogP contribution in [-0.2, 0) is 0 Å². The van der Waals surface area contributed by atoms with Gasteiger partial charge < -0.3 is 0 Å². The maximum absolute atomic E-state index is 12.1. The number of nitrogens with one attached hydrogen (secondary N) is 1. The zero-order chi connectivity index (χ0) is 14.8. The summed E-state index contributed by atoms with van der Waals surface area (Å²) in [5.41, 5.74) is 0.910. The van der Waals surface area contributed by atoms with E-state index in [2.05, 4.69) is 15.3 Å². The van der Waals surface area contributed by atoms with Gasteiger partial charge in [-0.3, -0.25) is 10.1 Å². The van der Waals surface area contributed by atoms with E-state index in [0.29, 0.717) is 5.13 Å². The SMILES string of the molecule is O=C(Nc1nc(-c2cccs2)cs1)c1nc(Cl)ccc1Cl. The van der Waals surface area contributed by atoms with Crippen molar-refractivity contribution in [3.63, 3.8) is 0 Å². The summed E-state index contributed by atoms with van der Waals surface area (Å²) in [6, 6.07) is 6.98. The van der Waals surface area contributed by atoms with Crippen LogP contribution in [-0.4, -0.2) is 15.9 Å². The Morgan fingerprint density at radius 1 is 1.14 bits per heavy atom. The number of pyridine rings is 1. The van der Waals surface area contributed by atoms with Crippen LogP contribution in [0.15, 0.2) is 35.0 Å². The van der Waals surface area contributed by atoms with Crippen LogP contribution in [0.1, 0.15) is 10.5 Å². The number of thiazole rings is 1. The third-order valence-electron chi connectivity index (χ3n) is 2.53. The van der Waals surface area contributed by atoms with Crippen molar-refractivity contribution in [3.05, 3.63) is 50.9 Å². The lowest BCUT2D eigenvalue weighted by Gasteiger charge is -2.03. The molecule has 21 heavy (non-hydrogen) atoms. The largest absolute Gasteiger partial charge is 0.296 e. The number of hydrogen-bond acceptors (Lipinski definition) is 5. The lowest BCUT2D eigenvalue weighted by molar-refractivity contribution is 0.102. The zero-order valence-corrected chi connectivity index (χ0v) is 13.5. The number of nitrogens with zero attached hydrogens (tertiary/aromatic N) is 2. The van der Waals surface area contributed by atoms with Crippen LogP contribution in [0.25, 0.3) is 10.6 Å². The monoisotopic (exact) mass is 355 g/mol. The molecule has 106 valence electrons. The van der Waals surface area contributed by atoms with E-state index in [1.807, 2.05) is 22.9 Å². The first kappa shape index (κ1) is 14.5. The van der Waals surface area contributed by atoms with Crippen LogP contribution in [0.3, 0.4) is 0 Å². The van der Waals surface area contributed by atoms with Crippen molar-refractivity contribution < 1.29 is 4.79 Å². The van der Waals surface area contributed by atoms with Crippen LogP contribution in [0, 0.1) is 0 Å². The van der Waals surface area contributed by atoms with Crippen molar-refractivity contribution in [2.24, 2.45) is 0 Å². The Labute approximate surface area is 138 Å². The third kappa shape index (κ3) is 3.24. The fourth-order valence-electron chi connectivity index (χ4n) is 1.60. The summed E-state index contributed by atoms with van der Waals surface area (Å²) in [6.07, 6.45) is 0. The van der Waals surface area contributed by atoms with Crippen molar-refractivity contribution >= 4 is 56.9 Å². The molecule has 0 aromatic carbocycles. The first-order valence-electron chi connectivity index (χ1n) is 5.76. The molecular weight excluding hydrogens is 349 g/mol. The molecule has 3 rings (SSSR count). The smallest absolute Gasteiger partial charge is 0.277 e. The van der Waals surface area contributed by atoms with E-state index in [1.54, 1.807) is 11.3 Å². The lowest BCUT2D eigenvalue weighted by Crippen LogP contribution is -2.14. The van der Waals surface area contributed by atoms with Gasteiger partial charge in [0.05, 0.1) is 15.6 Å². The van der Waals surface area contributed by atoms with Crippen LogP contribution in [0.2, 0.25) is 10.2 Å². The molecule has 0 saturated heterocycles. The van der Waals surface area contributed by atoms with Crippen molar-refractivity contribution in [1.29, 1.82) is 0 Å². The molecule has 4 nitrogen and oxygen atoms in total. The molecule has 0 unspecified atom stereocenters. The molecular formula is C13H7Cl2N3OS2. The predicted molar refractivity (Wildman–Crippen MR) is 87.6 cm³/mol. The second kappa shape index (κ2) is 6.11. The zero-order valence-electron chi connectivity index (χ0n) is 10.3. The lowest BCUT2D eigenvalue weighted by atomic mass is 10.3. The van der Waals surface area contributed by atoms with E-state index in [4.69, 9.17) is 23.2 Å². The summed E-state index contributed by atoms with van der Waals surface area (Å²) < 4.78 is 0. The first-order valence-corrected chi connectivity index (χ1v) is 8.28. The highest BCUT2D eigenvalue weighted by atomic mass is 35.5. The van der Waals surface area contributed by atoms with Gasteiger partial charge in [0, 0.05) is 5.38 Å². The van der Waals surface area contributed by atoms with E-state index >= 15 is 0 Å². The van der Waals surface area contributed by atoms with E-state index in [1.165, 1.54) is 23.5 Å². The van der Waals surface area contributed by atoms with Gasteiger partial charge >= 0.3 is 0 Å². The summed E-state index contributed by atoms with van der Waals surface area (Å²) in [5, 5.41) is 7.48. The number of carbonyl (C=O) groups excluding carboxylic acids is 1. The van der Waals surface area contributed by atoms with Gasteiger partial charge in [-0.05, 0) is 23.6 Å². The number of halogens is 2. The minimum absolute atomic E-state index is 0.0806. The van der Waals surface area contributed by atoms with Gasteiger partial charge in [-0.2, -0.15) is 0 Å². The van der Waals surface area contributed by atoms with Gasteiger partial charge in [-0.15, -0.1) is 22.7 Å². The summed E-state index contributed by atoms with van der Waals surface area (Å²) in [6.45, 7) is 0. The highest BCUT2D eigenvalue weighted by Gasteiger charge is 2.15. The normalized spacial score (nSPS) is 10.6. The standard InChI is InChI=1S/C13H7Cl2N3OS2/c14-7-3-4-10(15)17-11(7)12(19)18-13-16-8(6-21-13)9-2-1-5-20-9/h1-6H,(H,16,18,19). The van der Waals surface area contributed by atoms with Gasteiger partial charge in [-0.25, -0.2) is 9.97 Å². The van der Waals surface area contributed by atoms with Crippen molar-refractivity contribution in [3.8, 4) is 10.6 Å². The minimum Gasteiger partial charge on any atom is -0.296 e. The van der Waals surface area contributed by atoms with Gasteiger partial charge in [0.15, 0.2) is 5.13 Å². The third-order valence-corrected chi connectivity index (χ3v) is 4.69. The Kier molecular flexibility index (Phi) is 4.21. The van der Waals surface area contributed by atoms with Crippen molar-refractivity contribution in [2.75, 3.05) is 5.32 Å². The molecule has 0 saturated carbocycles. The summed E-state index contributed by atoms with van der Waals surface area (Å²) in [4.78, 5) is 21.5. The minimum atomic E-state index is -0.436. The number of rotatable bonds is 3. The molecule has 1 amide bonds. The molecule has 0 radical (unpaired) electrons. The summed E-state index contributed by atoms with van der Waals surface area (Å²) >= 11 is 14.7. The quantitative estimate of drug-likeness (QED) is 0.684. The number of anilines is 1. The summed E-state index contributed by atoms with van der Waals surface area (Å²) in [7, 11) is 0. The average molecular weight is 356 g/mol. The Bertz CT molecular complexity index is 787. The molecule has 3 aromatic heterocycles. The highest BCUT2D eigenvalue weighted by molar-refractivity contribution is 7.16. The van der Waals surface area contributed by atoms with Crippen LogP contribution in [0.5, 0.6) is 0 Å². The van der Waals surface area contributed by atoms with E-state index in [0.717, 1.165) is 10.6 Å². The predicted octanol–water partition coefficient (Wildman–Crippen LogP) is 4.83. The van der Waals surface area contributed by atoms with Crippen LogP contribution >= 0.6 is 45.9 Å². The topological polar surface area (TPSA) is 54.9 Å². The number of thiophene rings is 1. The van der Waals surface area contributed by atoms with E-state index in [9.17, 15) is 4.79 Å². The molecule has 0 spiro atoms. The highest BCUT2D eigenvalue weighted by Crippen LogP contribution is 2.28. The first-order chi connectivity index (χ1) is 10.1. The van der Waals surface area contributed by atoms with Crippen molar-refractivity contribution in [1.82, 2.24) is 9.97 Å². The van der Waals surface area contributed by atoms with Gasteiger partial charge in [-0.1, -0.05) is 29.3 Å². The Hall–Kier alpha value is -1.47. The maximum Gasteiger partial charge on any atom is 0.277 e. The van der Waals surface area contributed by atoms with E-state index < -0.39 is 5.91 Å². The fourth-order valence-corrected chi connectivity index (χ4v) is 3.41. The molecule has 3 heterocycles. The molecule has 0 atom stereocenters. The van der Waals surface area contributed by atoms with Crippen LogP contribution < -0.4 is 5.32 Å². The van der Waals surface area contributed by atoms with Crippen LogP contribution in [0.4, 0.5) is 5.13 Å². The van der Waals surface area contributed by atoms with E-state index in [-0.39, 0.29) is 15.9 Å². The average Bonchev–Trinajstić information content (AvgIpc) is 3.11. The number of hydrogen-bond donors (Lipinski definition) is 1. The molecule has 0 fully saturated rings. The second-order valence-electron chi connectivity index (χ2n) is 3.93. The van der Waals surface area contributed by atoms with Gasteiger partial charge in [0.25, 0.3) is 5.91 Å². The Morgan fingerprint density at radius 2 is 2.00 bits per heavy atom. The molecule has 1 N–H and O–H groups in total. The van der Waals surface area contributed by atoms with Gasteiger partial charge in [0.2, 0.25) is 0 Å². The molecule has 0 bridgehead atoms. The Morgan fingerprint density at radius 3 is 2.76 bits per heavy atom. The van der Waals surface area contributed by atoms with Gasteiger partial charge in [0.1, 0.15) is 10.8 Å². The second-order valence-corrected chi connectivity index (χ2v) is 6.53. The molecule has 3 aromatic rings. The molecule has 0 aliphatic rings. The Balaban J connectivity index is 1.80. The number of amides is 1. The molecule has 8 heteroatoms. The van der Waals surface area contributed by atoms with Crippen molar-refractivity contribution in [2.45, 2.75) is 0 Å².